The summed E-state index contributed by atoms with van der Waals surface area (Å²) >= 11 is 0. The van der Waals surface area contributed by atoms with Crippen molar-refractivity contribution in [2.75, 3.05) is 13.2 Å². The van der Waals surface area contributed by atoms with E-state index < -0.39 is 5.41 Å². The van der Waals surface area contributed by atoms with Crippen molar-refractivity contribution >= 4 is 16.8 Å². The Kier molecular flexibility index (Phi) is 2.00. The van der Waals surface area contributed by atoms with Crippen molar-refractivity contribution in [2.45, 2.75) is 0 Å². The second kappa shape index (κ2) is 3.40. The van der Waals surface area contributed by atoms with E-state index in [-0.39, 0.29) is 19.0 Å². The van der Waals surface area contributed by atoms with Gasteiger partial charge in [-0.05, 0) is 18.2 Å². The molecular formula is C12H9N3O2. The maximum atomic E-state index is 12.2. The topological polar surface area (TPSA) is 78.8 Å². The van der Waals surface area contributed by atoms with Gasteiger partial charge in [0.05, 0.1) is 36.6 Å². The summed E-state index contributed by atoms with van der Waals surface area (Å²) in [5.41, 5.74) is 1.13. The summed E-state index contributed by atoms with van der Waals surface area (Å²) in [6.07, 6.45) is 1.57. The summed E-state index contributed by atoms with van der Waals surface area (Å²) < 4.78 is 4.98. The minimum absolute atomic E-state index is 0.178. The highest BCUT2D eigenvalue weighted by Crippen LogP contribution is 2.31. The predicted molar refractivity (Wildman–Crippen MR) is 59.3 cm³/mol. The average Bonchev–Trinajstić information content (AvgIpc) is 2.74. The molecule has 0 saturated carbocycles. The molecule has 0 amide bonds. The molecule has 1 aromatic heterocycles. The van der Waals surface area contributed by atoms with E-state index in [9.17, 15) is 4.79 Å². The van der Waals surface area contributed by atoms with Gasteiger partial charge in [0.1, 0.15) is 0 Å². The van der Waals surface area contributed by atoms with E-state index in [1.54, 1.807) is 24.5 Å². The number of ether oxygens (including phenoxy) is 1. The molecule has 1 aliphatic heterocycles. The van der Waals surface area contributed by atoms with Crippen molar-refractivity contribution in [1.82, 2.24) is 9.97 Å². The van der Waals surface area contributed by atoms with Crippen LogP contribution < -0.4 is 0 Å². The fourth-order valence-corrected chi connectivity index (χ4v) is 1.91. The average molecular weight is 227 g/mol. The number of hydrogen-bond donors (Lipinski definition) is 1. The number of aromatic amines is 1. The predicted octanol–water partition coefficient (Wildman–Crippen LogP) is 1.29. The second-order valence-corrected chi connectivity index (χ2v) is 4.15. The first kappa shape index (κ1) is 10.00. The fraction of sp³-hybridized carbons (Fsp3) is 0.250. The van der Waals surface area contributed by atoms with Gasteiger partial charge < -0.3 is 9.72 Å². The number of imidazole rings is 1. The minimum Gasteiger partial charge on any atom is -0.377 e. The molecule has 1 saturated heterocycles. The fourth-order valence-electron chi connectivity index (χ4n) is 1.91. The molecule has 0 spiro atoms. The highest BCUT2D eigenvalue weighted by molar-refractivity contribution is 6.04. The second-order valence-electron chi connectivity index (χ2n) is 4.15. The Bertz CT molecular complexity index is 634. The molecule has 2 aromatic rings. The Morgan fingerprint density at radius 1 is 1.53 bits per heavy atom. The third-order valence-electron chi connectivity index (χ3n) is 3.03. The van der Waals surface area contributed by atoms with E-state index in [0.717, 1.165) is 11.0 Å². The van der Waals surface area contributed by atoms with Crippen LogP contribution in [0, 0.1) is 16.7 Å². The lowest BCUT2D eigenvalue weighted by Crippen LogP contribution is -2.47. The van der Waals surface area contributed by atoms with Crippen molar-refractivity contribution < 1.29 is 9.53 Å². The number of H-pyrrole nitrogens is 1. The van der Waals surface area contributed by atoms with Crippen LogP contribution in [0.3, 0.4) is 0 Å². The van der Waals surface area contributed by atoms with Crippen LogP contribution in [0.1, 0.15) is 10.4 Å². The summed E-state index contributed by atoms with van der Waals surface area (Å²) in [7, 11) is 0. The van der Waals surface area contributed by atoms with Crippen LogP contribution in [0.15, 0.2) is 24.5 Å². The number of fused-ring (bicyclic) bond motifs is 1. The molecule has 1 fully saturated rings. The van der Waals surface area contributed by atoms with Gasteiger partial charge in [-0.2, -0.15) is 5.26 Å². The van der Waals surface area contributed by atoms with Gasteiger partial charge in [0.25, 0.3) is 0 Å². The first-order valence-corrected chi connectivity index (χ1v) is 5.22. The van der Waals surface area contributed by atoms with Crippen molar-refractivity contribution in [3.8, 4) is 6.07 Å². The molecule has 84 valence electrons. The minimum atomic E-state index is -0.992. The summed E-state index contributed by atoms with van der Waals surface area (Å²) in [6.45, 7) is 0.368. The molecule has 0 atom stereocenters. The number of aromatic nitrogens is 2. The molecule has 1 aromatic carbocycles. The van der Waals surface area contributed by atoms with Crippen LogP contribution in [0.4, 0.5) is 0 Å². The zero-order valence-electron chi connectivity index (χ0n) is 8.93. The highest BCUT2D eigenvalue weighted by Gasteiger charge is 2.46. The monoisotopic (exact) mass is 227 g/mol. The number of nitriles is 1. The summed E-state index contributed by atoms with van der Waals surface area (Å²) in [5, 5.41) is 9.07. The molecule has 3 rings (SSSR count). The highest BCUT2D eigenvalue weighted by atomic mass is 16.5. The molecule has 5 heteroatoms. The molecule has 0 unspecified atom stereocenters. The van der Waals surface area contributed by atoms with Crippen LogP contribution in [0.5, 0.6) is 0 Å². The van der Waals surface area contributed by atoms with Gasteiger partial charge in [-0.3, -0.25) is 4.79 Å². The smallest absolute Gasteiger partial charge is 0.187 e. The number of nitrogens with zero attached hydrogens (tertiary/aromatic N) is 2. The van der Waals surface area contributed by atoms with Gasteiger partial charge in [0, 0.05) is 5.56 Å². The van der Waals surface area contributed by atoms with E-state index >= 15 is 0 Å². The molecular weight excluding hydrogens is 218 g/mol. The van der Waals surface area contributed by atoms with E-state index in [1.165, 1.54) is 0 Å². The Hall–Kier alpha value is -2.19. The van der Waals surface area contributed by atoms with Gasteiger partial charge in [-0.15, -0.1) is 0 Å². The normalized spacial score (nSPS) is 17.4. The number of rotatable bonds is 2. The number of hydrogen-bond acceptors (Lipinski definition) is 4. The van der Waals surface area contributed by atoms with Crippen LogP contribution in [0.2, 0.25) is 0 Å². The molecule has 0 bridgehead atoms. The molecule has 5 nitrogen and oxygen atoms in total. The Morgan fingerprint density at radius 3 is 3.00 bits per heavy atom. The van der Waals surface area contributed by atoms with Crippen molar-refractivity contribution in [2.24, 2.45) is 5.41 Å². The first-order chi connectivity index (χ1) is 8.25. The van der Waals surface area contributed by atoms with Gasteiger partial charge in [0.15, 0.2) is 11.2 Å². The van der Waals surface area contributed by atoms with E-state index in [2.05, 4.69) is 16.0 Å². The number of ketones is 1. The van der Waals surface area contributed by atoms with Gasteiger partial charge in [-0.25, -0.2) is 4.98 Å². The third kappa shape index (κ3) is 1.35. The zero-order chi connectivity index (χ0) is 11.9. The quantitative estimate of drug-likeness (QED) is 0.784. The van der Waals surface area contributed by atoms with Gasteiger partial charge >= 0.3 is 0 Å². The lowest BCUT2D eigenvalue weighted by Gasteiger charge is -2.33. The largest absolute Gasteiger partial charge is 0.377 e. The van der Waals surface area contributed by atoms with Crippen LogP contribution in [0.25, 0.3) is 11.0 Å². The maximum Gasteiger partial charge on any atom is 0.187 e. The van der Waals surface area contributed by atoms with Crippen LogP contribution in [-0.2, 0) is 4.74 Å². The first-order valence-electron chi connectivity index (χ1n) is 5.22. The number of carbonyl (C=O) groups is 1. The summed E-state index contributed by atoms with van der Waals surface area (Å²) in [4.78, 5) is 19.2. The van der Waals surface area contributed by atoms with Crippen LogP contribution >= 0.6 is 0 Å². The van der Waals surface area contributed by atoms with E-state index in [1.807, 2.05) is 0 Å². The van der Waals surface area contributed by atoms with E-state index in [0.29, 0.717) is 5.56 Å². The zero-order valence-corrected chi connectivity index (χ0v) is 8.93. The van der Waals surface area contributed by atoms with E-state index in [4.69, 9.17) is 10.00 Å². The molecule has 1 N–H and O–H groups in total. The lowest BCUT2D eigenvalue weighted by atomic mass is 9.80. The number of nitrogens with one attached hydrogen (secondary N) is 1. The molecule has 2 heterocycles. The van der Waals surface area contributed by atoms with Gasteiger partial charge in [0.2, 0.25) is 0 Å². The van der Waals surface area contributed by atoms with Crippen molar-refractivity contribution in [1.29, 1.82) is 5.26 Å². The molecule has 17 heavy (non-hydrogen) atoms. The standard InChI is InChI=1S/C12H9N3O2/c13-4-12(5-17-6-12)11(16)8-1-2-9-10(3-8)15-7-14-9/h1-3,7H,5-6H2,(H,14,15). The van der Waals surface area contributed by atoms with Crippen molar-refractivity contribution in [3.63, 3.8) is 0 Å². The maximum absolute atomic E-state index is 12.2. The molecule has 1 aliphatic rings. The Labute approximate surface area is 97.0 Å². The molecule has 0 aliphatic carbocycles. The Balaban J connectivity index is 2.03. The number of carbonyl (C=O) groups excluding carboxylic acids is 1. The lowest BCUT2D eigenvalue weighted by molar-refractivity contribution is -0.0566. The van der Waals surface area contributed by atoms with Crippen LogP contribution in [-0.4, -0.2) is 29.0 Å². The Morgan fingerprint density at radius 2 is 2.35 bits per heavy atom. The van der Waals surface area contributed by atoms with Crippen molar-refractivity contribution in [3.05, 3.63) is 30.1 Å². The third-order valence-corrected chi connectivity index (χ3v) is 3.03. The number of Topliss-reactive ketones (excluding diaryl/α,β-unsaturated/α-hetero) is 1. The SMILES string of the molecule is N#CC1(C(=O)c2ccc3nc[nH]c3c2)COC1. The summed E-state index contributed by atoms with van der Waals surface area (Å²) in [5.74, 6) is -0.178. The van der Waals surface area contributed by atoms with Gasteiger partial charge in [-0.1, -0.05) is 0 Å². The summed E-state index contributed by atoms with van der Waals surface area (Å²) in [6, 6.07) is 7.24. The molecule has 0 radical (unpaired) electrons. The number of benzene rings is 1.